The number of carbonyl (C=O) groups excluding carboxylic acids is 1. The highest BCUT2D eigenvalue weighted by Crippen LogP contribution is 2.30. The van der Waals surface area contributed by atoms with Crippen LogP contribution < -0.4 is 5.32 Å². The van der Waals surface area contributed by atoms with E-state index in [1.165, 1.54) is 0 Å². The van der Waals surface area contributed by atoms with Crippen LogP contribution >= 0.6 is 0 Å². The van der Waals surface area contributed by atoms with Gasteiger partial charge in [-0.05, 0) is 38.5 Å². The van der Waals surface area contributed by atoms with Crippen molar-refractivity contribution in [3.8, 4) is 0 Å². The minimum absolute atomic E-state index is 0.0510. The number of piperazine rings is 1. The molecule has 22 heavy (non-hydrogen) atoms. The Morgan fingerprint density at radius 1 is 1.36 bits per heavy atom. The van der Waals surface area contributed by atoms with Gasteiger partial charge in [0.2, 0.25) is 0 Å². The van der Waals surface area contributed by atoms with Gasteiger partial charge in [0, 0.05) is 25.0 Å². The van der Waals surface area contributed by atoms with Gasteiger partial charge in [0.15, 0.2) is 0 Å². The zero-order chi connectivity index (χ0) is 15.7. The predicted molar refractivity (Wildman–Crippen MR) is 84.8 cm³/mol. The lowest BCUT2D eigenvalue weighted by atomic mass is 10.00. The lowest BCUT2D eigenvalue weighted by molar-refractivity contribution is 0.0119. The molecule has 1 amide bonds. The summed E-state index contributed by atoms with van der Waals surface area (Å²) in [6.45, 7) is 7.78. The maximum atomic E-state index is 12.5. The van der Waals surface area contributed by atoms with Crippen molar-refractivity contribution >= 4 is 17.1 Å². The zero-order valence-electron chi connectivity index (χ0n) is 13.3. The van der Waals surface area contributed by atoms with Crippen molar-refractivity contribution in [1.82, 2.24) is 10.2 Å². The fourth-order valence-electron chi connectivity index (χ4n) is 2.83. The van der Waals surface area contributed by atoms with Crippen molar-refractivity contribution in [2.24, 2.45) is 0 Å². The first kappa shape index (κ1) is 14.9. The summed E-state index contributed by atoms with van der Waals surface area (Å²) in [6, 6.07) is 7.85. The average Bonchev–Trinajstić information content (AvgIpc) is 2.93. The number of fused-ring (bicyclic) bond motifs is 1. The number of ether oxygens (including phenoxy) is 1. The molecule has 0 aliphatic carbocycles. The van der Waals surface area contributed by atoms with Crippen molar-refractivity contribution in [2.45, 2.75) is 32.4 Å². The third kappa shape index (κ3) is 2.95. The molecule has 1 N–H and O–H groups in total. The fourth-order valence-corrected chi connectivity index (χ4v) is 2.83. The summed E-state index contributed by atoms with van der Waals surface area (Å²) in [5.41, 5.74) is 1.44. The summed E-state index contributed by atoms with van der Waals surface area (Å²) in [5, 5.41) is 4.40. The summed E-state index contributed by atoms with van der Waals surface area (Å²) < 4.78 is 11.0. The molecule has 0 spiro atoms. The summed E-state index contributed by atoms with van der Waals surface area (Å²) >= 11 is 0. The number of rotatable bonds is 1. The van der Waals surface area contributed by atoms with Crippen LogP contribution in [0, 0.1) is 0 Å². The molecular formula is C17H22N2O3. The molecule has 2 heterocycles. The molecule has 118 valence electrons. The van der Waals surface area contributed by atoms with E-state index in [1.54, 1.807) is 6.26 Å². The topological polar surface area (TPSA) is 54.7 Å². The minimum atomic E-state index is -0.492. The van der Waals surface area contributed by atoms with Crippen molar-refractivity contribution in [2.75, 3.05) is 19.6 Å². The molecule has 0 radical (unpaired) electrons. The van der Waals surface area contributed by atoms with Gasteiger partial charge in [-0.3, -0.25) is 4.90 Å². The molecule has 1 aliphatic rings. The first-order valence-corrected chi connectivity index (χ1v) is 7.62. The number of nitrogens with one attached hydrogen (secondary N) is 1. The van der Waals surface area contributed by atoms with Crippen LogP contribution in [0.15, 0.2) is 34.9 Å². The maximum absolute atomic E-state index is 12.5. The van der Waals surface area contributed by atoms with Gasteiger partial charge in [0.25, 0.3) is 0 Å². The normalized spacial score (nSPS) is 19.4. The molecule has 0 bridgehead atoms. The van der Waals surface area contributed by atoms with E-state index >= 15 is 0 Å². The van der Waals surface area contributed by atoms with Gasteiger partial charge in [0.1, 0.15) is 11.2 Å². The molecule has 0 saturated carbocycles. The van der Waals surface area contributed by atoms with Gasteiger partial charge >= 0.3 is 6.09 Å². The van der Waals surface area contributed by atoms with E-state index in [2.05, 4.69) is 5.32 Å². The monoisotopic (exact) mass is 302 g/mol. The maximum Gasteiger partial charge on any atom is 0.410 e. The van der Waals surface area contributed by atoms with Gasteiger partial charge in [-0.1, -0.05) is 12.1 Å². The number of amides is 1. The first-order chi connectivity index (χ1) is 10.5. The van der Waals surface area contributed by atoms with Crippen LogP contribution in [0.3, 0.4) is 0 Å². The summed E-state index contributed by atoms with van der Waals surface area (Å²) in [6.07, 6.45) is 1.42. The van der Waals surface area contributed by atoms with Crippen LogP contribution in [-0.2, 0) is 4.74 Å². The summed E-state index contributed by atoms with van der Waals surface area (Å²) in [7, 11) is 0. The van der Waals surface area contributed by atoms with E-state index in [0.29, 0.717) is 13.1 Å². The van der Waals surface area contributed by atoms with Gasteiger partial charge in [-0.25, -0.2) is 4.79 Å². The molecule has 1 saturated heterocycles. The molecule has 5 heteroatoms. The van der Waals surface area contributed by atoms with Crippen LogP contribution in [-0.4, -0.2) is 36.2 Å². The SMILES string of the molecule is CC(C)(C)OC(=O)N1CCNCC1c1cccc2occc12. The molecule has 1 aromatic carbocycles. The van der Waals surface area contributed by atoms with Gasteiger partial charge in [0.05, 0.1) is 12.3 Å². The summed E-state index contributed by atoms with van der Waals surface area (Å²) in [5.74, 6) is 0. The van der Waals surface area contributed by atoms with Crippen LogP contribution in [0.4, 0.5) is 4.79 Å². The minimum Gasteiger partial charge on any atom is -0.464 e. The third-order valence-electron chi connectivity index (χ3n) is 3.76. The largest absolute Gasteiger partial charge is 0.464 e. The Balaban J connectivity index is 1.93. The van der Waals surface area contributed by atoms with Crippen LogP contribution in [0.1, 0.15) is 32.4 Å². The highest BCUT2D eigenvalue weighted by atomic mass is 16.6. The van der Waals surface area contributed by atoms with Crippen LogP contribution in [0.2, 0.25) is 0 Å². The predicted octanol–water partition coefficient (Wildman–Crippen LogP) is 3.31. The van der Waals surface area contributed by atoms with Crippen molar-refractivity contribution < 1.29 is 13.9 Å². The van der Waals surface area contributed by atoms with Crippen molar-refractivity contribution in [3.63, 3.8) is 0 Å². The number of furan rings is 1. The molecular weight excluding hydrogens is 280 g/mol. The zero-order valence-corrected chi connectivity index (χ0v) is 13.3. The van der Waals surface area contributed by atoms with E-state index in [-0.39, 0.29) is 12.1 Å². The summed E-state index contributed by atoms with van der Waals surface area (Å²) in [4.78, 5) is 14.3. The number of nitrogens with zero attached hydrogens (tertiary/aromatic N) is 1. The molecule has 1 aliphatic heterocycles. The molecule has 1 aromatic heterocycles. The number of hydrogen-bond donors (Lipinski definition) is 1. The Kier molecular flexibility index (Phi) is 3.83. The molecule has 5 nitrogen and oxygen atoms in total. The second kappa shape index (κ2) is 5.65. The quantitative estimate of drug-likeness (QED) is 0.878. The molecule has 2 aromatic rings. The molecule has 1 atom stereocenters. The lowest BCUT2D eigenvalue weighted by Crippen LogP contribution is -2.50. The van der Waals surface area contributed by atoms with Gasteiger partial charge in [-0.2, -0.15) is 0 Å². The number of benzene rings is 1. The highest BCUT2D eigenvalue weighted by Gasteiger charge is 2.32. The second-order valence-electron chi connectivity index (χ2n) is 6.57. The third-order valence-corrected chi connectivity index (χ3v) is 3.76. The Morgan fingerprint density at radius 2 is 2.18 bits per heavy atom. The molecule has 3 rings (SSSR count). The van der Waals surface area contributed by atoms with E-state index in [0.717, 1.165) is 23.1 Å². The van der Waals surface area contributed by atoms with E-state index in [9.17, 15) is 4.79 Å². The fraction of sp³-hybridized carbons (Fsp3) is 0.471. The average molecular weight is 302 g/mol. The Labute approximate surface area is 130 Å². The number of hydrogen-bond acceptors (Lipinski definition) is 4. The Morgan fingerprint density at radius 3 is 2.95 bits per heavy atom. The Bertz CT molecular complexity index is 672. The van der Waals surface area contributed by atoms with Crippen molar-refractivity contribution in [3.05, 3.63) is 36.1 Å². The molecule has 1 fully saturated rings. The Hall–Kier alpha value is -2.01. The van der Waals surface area contributed by atoms with E-state index in [4.69, 9.17) is 9.15 Å². The first-order valence-electron chi connectivity index (χ1n) is 7.62. The van der Waals surface area contributed by atoms with Gasteiger partial charge in [-0.15, -0.1) is 0 Å². The van der Waals surface area contributed by atoms with Crippen LogP contribution in [0.5, 0.6) is 0 Å². The molecule has 1 unspecified atom stereocenters. The standard InChI is InChI=1S/C17H22N2O3/c1-17(2,3)22-16(20)19-9-8-18-11-14(19)12-5-4-6-15-13(12)7-10-21-15/h4-7,10,14,18H,8-9,11H2,1-3H3. The van der Waals surface area contributed by atoms with Gasteiger partial charge < -0.3 is 14.5 Å². The smallest absolute Gasteiger partial charge is 0.410 e. The van der Waals surface area contributed by atoms with Crippen LogP contribution in [0.25, 0.3) is 11.0 Å². The lowest BCUT2D eigenvalue weighted by Gasteiger charge is -2.37. The number of carbonyl (C=O) groups is 1. The highest BCUT2D eigenvalue weighted by molar-refractivity contribution is 5.82. The van der Waals surface area contributed by atoms with E-state index < -0.39 is 5.60 Å². The second-order valence-corrected chi connectivity index (χ2v) is 6.57. The van der Waals surface area contributed by atoms with E-state index in [1.807, 2.05) is 49.9 Å². The van der Waals surface area contributed by atoms with Crippen molar-refractivity contribution in [1.29, 1.82) is 0 Å².